The van der Waals surface area contributed by atoms with Gasteiger partial charge in [0.15, 0.2) is 0 Å². The van der Waals surface area contributed by atoms with Gasteiger partial charge in [-0.25, -0.2) is 0 Å². The molecule has 2 aliphatic heterocycles. The van der Waals surface area contributed by atoms with Crippen molar-refractivity contribution >= 4 is 5.76 Å². The van der Waals surface area contributed by atoms with Gasteiger partial charge in [0.1, 0.15) is 35.4 Å². The Morgan fingerprint density at radius 3 is 2.60 bits per heavy atom. The van der Waals surface area contributed by atoms with Gasteiger partial charge in [-0.05, 0) is 30.3 Å². The molecule has 0 amide bonds. The smallest absolute Gasteiger partial charge is 0.141 e. The minimum Gasteiger partial charge on any atom is -0.508 e. The van der Waals surface area contributed by atoms with Crippen LogP contribution < -0.4 is 9.47 Å². The summed E-state index contributed by atoms with van der Waals surface area (Å²) in [5.74, 6) is 2.59. The molecule has 2 N–H and O–H groups in total. The highest BCUT2D eigenvalue weighted by atomic mass is 16.5. The van der Waals surface area contributed by atoms with E-state index in [-0.39, 0.29) is 11.5 Å². The zero-order chi connectivity index (χ0) is 13.7. The zero-order valence-corrected chi connectivity index (χ0v) is 10.6. The van der Waals surface area contributed by atoms with E-state index >= 15 is 0 Å². The Morgan fingerprint density at radius 2 is 1.70 bits per heavy atom. The first-order chi connectivity index (χ1) is 9.70. The Bertz CT molecular complexity index is 746. The maximum atomic E-state index is 9.54. The first kappa shape index (κ1) is 11.2. The van der Waals surface area contributed by atoms with E-state index in [0.717, 1.165) is 28.2 Å². The second-order valence-corrected chi connectivity index (χ2v) is 4.97. The van der Waals surface area contributed by atoms with Gasteiger partial charge in [-0.15, -0.1) is 0 Å². The van der Waals surface area contributed by atoms with E-state index in [1.165, 1.54) is 0 Å². The number of fused-ring (bicyclic) bond motifs is 3. The lowest BCUT2D eigenvalue weighted by Crippen LogP contribution is -2.19. The summed E-state index contributed by atoms with van der Waals surface area (Å²) < 4.78 is 11.6. The molecule has 2 aromatic carbocycles. The van der Waals surface area contributed by atoms with E-state index in [2.05, 4.69) is 0 Å². The molecule has 0 spiro atoms. The molecule has 0 aromatic heterocycles. The van der Waals surface area contributed by atoms with Gasteiger partial charge in [-0.2, -0.15) is 0 Å². The number of ether oxygens (including phenoxy) is 2. The molecule has 0 fully saturated rings. The lowest BCUT2D eigenvalue weighted by Gasteiger charge is -2.28. The molecule has 0 radical (unpaired) electrons. The third-order valence-corrected chi connectivity index (χ3v) is 3.59. The first-order valence-corrected chi connectivity index (χ1v) is 6.38. The Labute approximate surface area is 115 Å². The van der Waals surface area contributed by atoms with Crippen molar-refractivity contribution in [2.75, 3.05) is 6.61 Å². The quantitative estimate of drug-likeness (QED) is 0.771. The highest BCUT2D eigenvalue weighted by Gasteiger charge is 2.27. The van der Waals surface area contributed by atoms with Crippen LogP contribution in [0.15, 0.2) is 42.0 Å². The summed E-state index contributed by atoms with van der Waals surface area (Å²) in [6, 6.07) is 10.1. The molecule has 4 nitrogen and oxygen atoms in total. The Morgan fingerprint density at radius 1 is 0.900 bits per heavy atom. The van der Waals surface area contributed by atoms with Crippen molar-refractivity contribution in [2.24, 2.45) is 0 Å². The normalized spacial score (nSPS) is 15.6. The van der Waals surface area contributed by atoms with Gasteiger partial charge < -0.3 is 19.7 Å². The fourth-order valence-corrected chi connectivity index (χ4v) is 2.64. The van der Waals surface area contributed by atoms with Crippen molar-refractivity contribution < 1.29 is 19.7 Å². The van der Waals surface area contributed by atoms with Crippen LogP contribution in [0.1, 0.15) is 11.1 Å². The molecule has 4 heteroatoms. The minimum atomic E-state index is 0.175. The number of aromatic hydroxyl groups is 2. The molecule has 0 aliphatic carbocycles. The van der Waals surface area contributed by atoms with E-state index in [1.54, 1.807) is 36.4 Å². The standard InChI is InChI=1S/C16H12O4/c17-11-2-4-14-9(6-11)5-10-8-19-15-7-12(18)1-3-13(15)16(10)20-14/h1-4,6-7,17-18H,5,8H2. The van der Waals surface area contributed by atoms with Crippen molar-refractivity contribution in [3.8, 4) is 23.0 Å². The molecule has 4 rings (SSSR count). The fourth-order valence-electron chi connectivity index (χ4n) is 2.64. The van der Waals surface area contributed by atoms with E-state index < -0.39 is 0 Å². The van der Waals surface area contributed by atoms with Crippen LogP contribution in [0.5, 0.6) is 23.0 Å². The van der Waals surface area contributed by atoms with Crippen molar-refractivity contribution in [2.45, 2.75) is 6.42 Å². The minimum absolute atomic E-state index is 0.175. The third kappa shape index (κ3) is 1.61. The SMILES string of the molecule is Oc1ccc2c(c1)CC1=C(O2)c2ccc(O)cc2OC1. The van der Waals surface area contributed by atoms with Crippen LogP contribution in [0, 0.1) is 0 Å². The highest BCUT2D eigenvalue weighted by molar-refractivity contribution is 5.75. The van der Waals surface area contributed by atoms with E-state index in [9.17, 15) is 10.2 Å². The van der Waals surface area contributed by atoms with Crippen LogP contribution in [0.3, 0.4) is 0 Å². The molecule has 0 unspecified atom stereocenters. The van der Waals surface area contributed by atoms with Gasteiger partial charge in [-0.1, -0.05) is 0 Å². The number of rotatable bonds is 0. The predicted molar refractivity (Wildman–Crippen MR) is 73.0 cm³/mol. The van der Waals surface area contributed by atoms with Gasteiger partial charge in [0.05, 0.1) is 5.56 Å². The van der Waals surface area contributed by atoms with Crippen LogP contribution in [-0.4, -0.2) is 16.8 Å². The maximum absolute atomic E-state index is 9.54. The molecule has 0 atom stereocenters. The molecule has 100 valence electrons. The number of phenols is 2. The van der Waals surface area contributed by atoms with Crippen LogP contribution in [-0.2, 0) is 6.42 Å². The Kier molecular flexibility index (Phi) is 2.21. The monoisotopic (exact) mass is 268 g/mol. The highest BCUT2D eigenvalue weighted by Crippen LogP contribution is 2.42. The van der Waals surface area contributed by atoms with Crippen molar-refractivity contribution in [1.82, 2.24) is 0 Å². The molecule has 0 saturated heterocycles. The second-order valence-electron chi connectivity index (χ2n) is 4.97. The Hall–Kier alpha value is -2.62. The van der Waals surface area contributed by atoms with Crippen molar-refractivity contribution in [1.29, 1.82) is 0 Å². The van der Waals surface area contributed by atoms with Gasteiger partial charge in [0.2, 0.25) is 0 Å². The molecular formula is C16H12O4. The predicted octanol–water partition coefficient (Wildman–Crippen LogP) is 2.84. The first-order valence-electron chi connectivity index (χ1n) is 6.38. The molecule has 2 heterocycles. The summed E-state index contributed by atoms with van der Waals surface area (Å²) in [6.45, 7) is 0.431. The largest absolute Gasteiger partial charge is 0.508 e. The van der Waals surface area contributed by atoms with Crippen LogP contribution in [0.25, 0.3) is 5.76 Å². The third-order valence-electron chi connectivity index (χ3n) is 3.59. The fraction of sp³-hybridized carbons (Fsp3) is 0.125. The number of hydrogen-bond donors (Lipinski definition) is 2. The summed E-state index contributed by atoms with van der Waals surface area (Å²) in [6.07, 6.45) is 0.694. The van der Waals surface area contributed by atoms with Gasteiger partial charge in [-0.3, -0.25) is 0 Å². The van der Waals surface area contributed by atoms with Crippen LogP contribution >= 0.6 is 0 Å². The van der Waals surface area contributed by atoms with Crippen molar-refractivity contribution in [3.05, 3.63) is 53.1 Å². The van der Waals surface area contributed by atoms with E-state index in [0.29, 0.717) is 18.8 Å². The van der Waals surface area contributed by atoms with Gasteiger partial charge in [0, 0.05) is 23.6 Å². The summed E-state index contributed by atoms with van der Waals surface area (Å²) in [7, 11) is 0. The number of benzene rings is 2. The van der Waals surface area contributed by atoms with Gasteiger partial charge in [0.25, 0.3) is 0 Å². The zero-order valence-electron chi connectivity index (χ0n) is 10.6. The van der Waals surface area contributed by atoms with Crippen LogP contribution in [0.2, 0.25) is 0 Å². The topological polar surface area (TPSA) is 58.9 Å². The lowest BCUT2D eigenvalue weighted by atomic mass is 9.95. The van der Waals surface area contributed by atoms with Crippen molar-refractivity contribution in [3.63, 3.8) is 0 Å². The average Bonchev–Trinajstić information content (AvgIpc) is 2.44. The molecule has 0 saturated carbocycles. The summed E-state index contributed by atoms with van der Waals surface area (Å²) in [4.78, 5) is 0. The maximum Gasteiger partial charge on any atom is 0.141 e. The average molecular weight is 268 g/mol. The second kappa shape index (κ2) is 3.93. The lowest BCUT2D eigenvalue weighted by molar-refractivity contribution is 0.324. The number of phenolic OH excluding ortho intramolecular Hbond substituents is 2. The van der Waals surface area contributed by atoms with Crippen LogP contribution in [0.4, 0.5) is 0 Å². The summed E-state index contributed by atoms with van der Waals surface area (Å²) >= 11 is 0. The van der Waals surface area contributed by atoms with Gasteiger partial charge >= 0.3 is 0 Å². The van der Waals surface area contributed by atoms with E-state index in [1.807, 2.05) is 0 Å². The molecule has 20 heavy (non-hydrogen) atoms. The molecule has 0 bridgehead atoms. The molecule has 2 aliphatic rings. The Balaban J connectivity index is 1.82. The molecule has 2 aromatic rings. The summed E-state index contributed by atoms with van der Waals surface area (Å²) in [5, 5.41) is 19.0. The van der Waals surface area contributed by atoms with E-state index in [4.69, 9.17) is 9.47 Å². The molecular weight excluding hydrogens is 256 g/mol. The summed E-state index contributed by atoms with van der Waals surface area (Å²) in [5.41, 5.74) is 2.85. The number of hydrogen-bond acceptors (Lipinski definition) is 4.